The van der Waals surface area contributed by atoms with Gasteiger partial charge in [0.25, 0.3) is 0 Å². The number of phenolic OH excluding ortho intramolecular Hbond substituents is 1. The molecule has 0 aromatic heterocycles. The van der Waals surface area contributed by atoms with Gasteiger partial charge < -0.3 is 15.3 Å². The molecule has 1 aromatic rings. The van der Waals surface area contributed by atoms with Gasteiger partial charge in [0.15, 0.2) is 0 Å². The molecule has 2 amide bonds. The van der Waals surface area contributed by atoms with Crippen molar-refractivity contribution in [1.82, 2.24) is 9.80 Å². The van der Waals surface area contributed by atoms with Crippen molar-refractivity contribution in [2.75, 3.05) is 31.5 Å². The van der Waals surface area contributed by atoms with Gasteiger partial charge in [-0.25, -0.2) is 0 Å². The normalized spacial score (nSPS) is 20.8. The molecule has 28 heavy (non-hydrogen) atoms. The Bertz CT molecular complexity index is 711. The largest absolute Gasteiger partial charge is 0.506 e. The van der Waals surface area contributed by atoms with Crippen molar-refractivity contribution >= 4 is 29.1 Å². The number of carbonyl (C=O) groups excluding carboxylic acids is 2. The van der Waals surface area contributed by atoms with Gasteiger partial charge in [0.05, 0.1) is 11.7 Å². The van der Waals surface area contributed by atoms with E-state index >= 15 is 0 Å². The highest BCUT2D eigenvalue weighted by atomic mass is 35.5. The summed E-state index contributed by atoms with van der Waals surface area (Å²) in [5.74, 6) is 0.672. The van der Waals surface area contributed by atoms with Crippen molar-refractivity contribution in [2.45, 2.75) is 45.6 Å². The Labute approximate surface area is 171 Å². The van der Waals surface area contributed by atoms with Gasteiger partial charge in [-0.3, -0.25) is 14.5 Å². The number of hydrogen-bond donors (Lipinski definition) is 2. The Hall–Kier alpha value is -1.79. The van der Waals surface area contributed by atoms with Crippen molar-refractivity contribution in [2.24, 2.45) is 11.8 Å². The average molecular weight is 408 g/mol. The zero-order chi connectivity index (χ0) is 20.3. The lowest BCUT2D eigenvalue weighted by molar-refractivity contribution is -0.138. The van der Waals surface area contributed by atoms with Crippen molar-refractivity contribution in [3.63, 3.8) is 0 Å². The number of rotatable bonds is 4. The molecular weight excluding hydrogens is 378 g/mol. The van der Waals surface area contributed by atoms with E-state index in [0.717, 1.165) is 39.0 Å². The molecule has 6 nitrogen and oxygen atoms in total. The number of aromatic hydroxyl groups is 1. The first-order valence-corrected chi connectivity index (χ1v) is 10.5. The minimum atomic E-state index is -0.144. The van der Waals surface area contributed by atoms with Crippen LogP contribution in [0.5, 0.6) is 5.75 Å². The van der Waals surface area contributed by atoms with E-state index in [1.54, 1.807) is 12.1 Å². The Balaban J connectivity index is 1.50. The molecule has 2 aliphatic rings. The van der Waals surface area contributed by atoms with E-state index in [-0.39, 0.29) is 29.5 Å². The van der Waals surface area contributed by atoms with Gasteiger partial charge in [-0.15, -0.1) is 0 Å². The lowest BCUT2D eigenvalue weighted by Gasteiger charge is -2.38. The van der Waals surface area contributed by atoms with E-state index in [0.29, 0.717) is 29.5 Å². The van der Waals surface area contributed by atoms with Crippen molar-refractivity contribution in [1.29, 1.82) is 0 Å². The average Bonchev–Trinajstić information content (AvgIpc) is 2.70. The standard InChI is InChI=1S/C21H30ClN3O3/c1-14-5-9-25(10-6-14)21(28)15(2)24-11-7-16(8-12-24)20(27)23-18-13-17(22)3-4-19(18)26/h3-4,13-16,26H,5-12H2,1-2H3,(H,23,27). The second kappa shape index (κ2) is 9.14. The summed E-state index contributed by atoms with van der Waals surface area (Å²) in [7, 11) is 0. The number of anilines is 1. The minimum Gasteiger partial charge on any atom is -0.506 e. The SMILES string of the molecule is CC1CCN(C(=O)C(C)N2CCC(C(=O)Nc3cc(Cl)ccc3O)CC2)CC1. The van der Waals surface area contributed by atoms with Crippen molar-refractivity contribution in [3.8, 4) is 5.75 Å². The third-order valence-corrected chi connectivity index (χ3v) is 6.35. The van der Waals surface area contributed by atoms with Gasteiger partial charge in [0, 0.05) is 24.0 Å². The molecule has 0 radical (unpaired) electrons. The quantitative estimate of drug-likeness (QED) is 0.751. The lowest BCUT2D eigenvalue weighted by atomic mass is 9.94. The minimum absolute atomic E-state index is 0.00487. The van der Waals surface area contributed by atoms with Crippen LogP contribution in [0.3, 0.4) is 0 Å². The van der Waals surface area contributed by atoms with Gasteiger partial charge in [-0.05, 0) is 69.8 Å². The third-order valence-electron chi connectivity index (χ3n) is 6.12. The van der Waals surface area contributed by atoms with Crippen LogP contribution in [-0.4, -0.2) is 58.9 Å². The third kappa shape index (κ3) is 4.97. The number of hydrogen-bond acceptors (Lipinski definition) is 4. The second-order valence-electron chi connectivity index (χ2n) is 8.14. The molecule has 2 heterocycles. The van der Waals surface area contributed by atoms with Crippen LogP contribution < -0.4 is 5.32 Å². The van der Waals surface area contributed by atoms with Crippen molar-refractivity contribution in [3.05, 3.63) is 23.2 Å². The molecule has 154 valence electrons. The molecule has 0 aliphatic carbocycles. The predicted octanol–water partition coefficient (Wildman–Crippen LogP) is 3.34. The van der Waals surface area contributed by atoms with E-state index < -0.39 is 0 Å². The molecule has 2 fully saturated rings. The lowest BCUT2D eigenvalue weighted by Crippen LogP contribution is -2.52. The maximum absolute atomic E-state index is 12.8. The summed E-state index contributed by atoms with van der Waals surface area (Å²) in [6.07, 6.45) is 3.55. The molecule has 0 saturated carbocycles. The fourth-order valence-electron chi connectivity index (χ4n) is 4.04. The fourth-order valence-corrected chi connectivity index (χ4v) is 4.21. The molecule has 1 unspecified atom stereocenters. The van der Waals surface area contributed by atoms with E-state index in [2.05, 4.69) is 17.1 Å². The summed E-state index contributed by atoms with van der Waals surface area (Å²) >= 11 is 5.94. The number of benzene rings is 1. The number of nitrogens with zero attached hydrogens (tertiary/aromatic N) is 2. The van der Waals surface area contributed by atoms with Crippen molar-refractivity contribution < 1.29 is 14.7 Å². The fraction of sp³-hybridized carbons (Fsp3) is 0.619. The first kappa shape index (κ1) is 20.9. The highest BCUT2D eigenvalue weighted by molar-refractivity contribution is 6.31. The first-order chi connectivity index (χ1) is 13.3. The smallest absolute Gasteiger partial charge is 0.239 e. The Morgan fingerprint density at radius 1 is 1.14 bits per heavy atom. The summed E-state index contributed by atoms with van der Waals surface area (Å²) < 4.78 is 0. The number of nitrogens with one attached hydrogen (secondary N) is 1. The highest BCUT2D eigenvalue weighted by Gasteiger charge is 2.32. The van der Waals surface area contributed by atoms with Crippen LogP contribution in [0.2, 0.25) is 5.02 Å². The van der Waals surface area contributed by atoms with Gasteiger partial charge >= 0.3 is 0 Å². The van der Waals surface area contributed by atoms with Gasteiger partial charge in [0.2, 0.25) is 11.8 Å². The van der Waals surface area contributed by atoms with Crippen LogP contribution in [0.25, 0.3) is 0 Å². The number of phenols is 1. The number of amides is 2. The van der Waals surface area contributed by atoms with Crippen LogP contribution in [0.15, 0.2) is 18.2 Å². The topological polar surface area (TPSA) is 72.9 Å². The highest BCUT2D eigenvalue weighted by Crippen LogP contribution is 2.28. The Morgan fingerprint density at radius 3 is 2.43 bits per heavy atom. The number of piperidine rings is 2. The maximum atomic E-state index is 12.8. The molecule has 3 rings (SSSR count). The number of halogens is 1. The van der Waals surface area contributed by atoms with E-state index in [9.17, 15) is 14.7 Å². The van der Waals surface area contributed by atoms with Gasteiger partial charge in [-0.1, -0.05) is 18.5 Å². The molecule has 2 saturated heterocycles. The molecule has 2 N–H and O–H groups in total. The summed E-state index contributed by atoms with van der Waals surface area (Å²) in [6.45, 7) is 7.36. The van der Waals surface area contributed by atoms with Crippen LogP contribution in [0, 0.1) is 11.8 Å². The van der Waals surface area contributed by atoms with E-state index in [1.807, 2.05) is 11.8 Å². The van der Waals surface area contributed by atoms with E-state index in [1.165, 1.54) is 6.07 Å². The number of likely N-dealkylation sites (tertiary alicyclic amines) is 2. The van der Waals surface area contributed by atoms with Crippen LogP contribution in [0.1, 0.15) is 39.5 Å². The molecule has 7 heteroatoms. The molecule has 0 spiro atoms. The molecule has 1 aromatic carbocycles. The molecular formula is C21H30ClN3O3. The molecule has 1 atom stereocenters. The monoisotopic (exact) mass is 407 g/mol. The van der Waals surface area contributed by atoms with Crippen LogP contribution >= 0.6 is 11.6 Å². The summed E-state index contributed by atoms with van der Waals surface area (Å²) in [6, 6.07) is 4.44. The zero-order valence-electron chi connectivity index (χ0n) is 16.7. The second-order valence-corrected chi connectivity index (χ2v) is 8.58. The van der Waals surface area contributed by atoms with Gasteiger partial charge in [-0.2, -0.15) is 0 Å². The summed E-state index contributed by atoms with van der Waals surface area (Å²) in [4.78, 5) is 29.5. The molecule has 2 aliphatic heterocycles. The van der Waals surface area contributed by atoms with Gasteiger partial charge in [0.1, 0.15) is 5.75 Å². The van der Waals surface area contributed by atoms with Crippen LogP contribution in [-0.2, 0) is 9.59 Å². The summed E-state index contributed by atoms with van der Waals surface area (Å²) in [5.41, 5.74) is 0.336. The Kier molecular flexibility index (Phi) is 6.83. The maximum Gasteiger partial charge on any atom is 0.239 e. The van der Waals surface area contributed by atoms with E-state index in [4.69, 9.17) is 11.6 Å². The first-order valence-electron chi connectivity index (χ1n) is 10.2. The van der Waals surface area contributed by atoms with Crippen LogP contribution in [0.4, 0.5) is 5.69 Å². The predicted molar refractivity (Wildman–Crippen MR) is 110 cm³/mol. The number of carbonyl (C=O) groups is 2. The summed E-state index contributed by atoms with van der Waals surface area (Å²) in [5, 5.41) is 13.1. The Morgan fingerprint density at radius 2 is 1.79 bits per heavy atom. The molecule has 0 bridgehead atoms. The zero-order valence-corrected chi connectivity index (χ0v) is 17.4.